The first-order valence-electron chi connectivity index (χ1n) is 6.10. The molecule has 2 aromatic rings. The molecule has 0 aliphatic carbocycles. The second kappa shape index (κ2) is 6.52. The molecule has 6 heteroatoms. The van der Waals surface area contributed by atoms with Gasteiger partial charge in [0.05, 0.1) is 20.3 Å². The highest BCUT2D eigenvalue weighted by molar-refractivity contribution is 6.32. The van der Waals surface area contributed by atoms with Crippen molar-refractivity contribution in [2.24, 2.45) is 5.73 Å². The molecule has 0 aliphatic rings. The molecule has 0 spiro atoms. The predicted molar refractivity (Wildman–Crippen MR) is 82.0 cm³/mol. The predicted octanol–water partition coefficient (Wildman–Crippen LogP) is 4.20. The molecule has 2 N–H and O–H groups in total. The van der Waals surface area contributed by atoms with Gasteiger partial charge in [0.25, 0.3) is 0 Å². The van der Waals surface area contributed by atoms with E-state index in [-0.39, 0.29) is 10.6 Å². The number of benzene rings is 2. The number of halogens is 3. The number of methoxy groups -OCH3 is 2. The zero-order valence-electron chi connectivity index (χ0n) is 11.5. The zero-order valence-corrected chi connectivity index (χ0v) is 13.0. The van der Waals surface area contributed by atoms with E-state index in [9.17, 15) is 4.39 Å². The summed E-state index contributed by atoms with van der Waals surface area (Å²) in [7, 11) is 3.00. The molecule has 0 fully saturated rings. The van der Waals surface area contributed by atoms with Crippen molar-refractivity contribution in [1.29, 1.82) is 0 Å². The first kappa shape index (κ1) is 15.9. The Morgan fingerprint density at radius 3 is 2.24 bits per heavy atom. The molecule has 1 atom stereocenters. The Balaban J connectivity index is 2.56. The van der Waals surface area contributed by atoms with E-state index in [4.69, 9.17) is 38.4 Å². The van der Waals surface area contributed by atoms with Crippen molar-refractivity contribution >= 4 is 23.2 Å². The van der Waals surface area contributed by atoms with Gasteiger partial charge in [0.2, 0.25) is 0 Å². The normalized spacial score (nSPS) is 12.1. The third-order valence-corrected chi connectivity index (χ3v) is 3.81. The van der Waals surface area contributed by atoms with Crippen molar-refractivity contribution in [3.8, 4) is 11.5 Å². The van der Waals surface area contributed by atoms with Crippen LogP contribution in [0.1, 0.15) is 17.2 Å². The zero-order chi connectivity index (χ0) is 15.6. The van der Waals surface area contributed by atoms with E-state index in [0.29, 0.717) is 22.1 Å². The van der Waals surface area contributed by atoms with Gasteiger partial charge in [0, 0.05) is 21.7 Å². The van der Waals surface area contributed by atoms with E-state index < -0.39 is 11.9 Å². The van der Waals surface area contributed by atoms with Gasteiger partial charge < -0.3 is 15.2 Å². The summed E-state index contributed by atoms with van der Waals surface area (Å²) >= 11 is 12.2. The number of ether oxygens (including phenoxy) is 2. The van der Waals surface area contributed by atoms with Gasteiger partial charge >= 0.3 is 0 Å². The minimum absolute atomic E-state index is 0.188. The standard InChI is InChI=1S/C15H14Cl2FNO2/c1-20-12-6-8(10(17)7-13(12)21-2)15(19)14-9(16)4-3-5-11(14)18/h3-7,15H,19H2,1-2H3. The van der Waals surface area contributed by atoms with Gasteiger partial charge in [-0.15, -0.1) is 0 Å². The molecule has 3 nitrogen and oxygen atoms in total. The van der Waals surface area contributed by atoms with E-state index in [1.165, 1.54) is 26.4 Å². The van der Waals surface area contributed by atoms with E-state index >= 15 is 0 Å². The first-order chi connectivity index (χ1) is 9.99. The molecule has 0 amide bonds. The summed E-state index contributed by atoms with van der Waals surface area (Å²) in [5.74, 6) is 0.443. The van der Waals surface area contributed by atoms with Crippen LogP contribution in [-0.4, -0.2) is 14.2 Å². The highest BCUT2D eigenvalue weighted by Crippen LogP contribution is 2.38. The fourth-order valence-electron chi connectivity index (χ4n) is 2.07. The van der Waals surface area contributed by atoms with Crippen molar-refractivity contribution in [2.75, 3.05) is 14.2 Å². The van der Waals surface area contributed by atoms with Crippen LogP contribution in [-0.2, 0) is 0 Å². The minimum atomic E-state index is -0.814. The Morgan fingerprint density at radius 1 is 1.05 bits per heavy atom. The lowest BCUT2D eigenvalue weighted by Crippen LogP contribution is -2.15. The van der Waals surface area contributed by atoms with Crippen molar-refractivity contribution in [2.45, 2.75) is 6.04 Å². The topological polar surface area (TPSA) is 44.5 Å². The summed E-state index contributed by atoms with van der Waals surface area (Å²) in [5.41, 5.74) is 6.82. The summed E-state index contributed by atoms with van der Waals surface area (Å²) in [6, 6.07) is 6.78. The van der Waals surface area contributed by atoms with Gasteiger partial charge in [-0.25, -0.2) is 4.39 Å². The molecular weight excluding hydrogens is 316 g/mol. The molecule has 1 unspecified atom stereocenters. The fraction of sp³-hybridized carbons (Fsp3) is 0.200. The number of rotatable bonds is 4. The van der Waals surface area contributed by atoms with Crippen molar-refractivity contribution in [3.63, 3.8) is 0 Å². The van der Waals surface area contributed by atoms with Gasteiger partial charge in [0.1, 0.15) is 5.82 Å². The van der Waals surface area contributed by atoms with E-state index in [2.05, 4.69) is 0 Å². The molecule has 2 aromatic carbocycles. The van der Waals surface area contributed by atoms with Crippen molar-refractivity contribution in [3.05, 3.63) is 57.3 Å². The van der Waals surface area contributed by atoms with Crippen molar-refractivity contribution in [1.82, 2.24) is 0 Å². The minimum Gasteiger partial charge on any atom is -0.493 e. The molecule has 0 aromatic heterocycles. The summed E-state index contributed by atoms with van der Waals surface area (Å²) < 4.78 is 24.3. The molecular formula is C15H14Cl2FNO2. The van der Waals surface area contributed by atoms with Crippen LogP contribution in [0.15, 0.2) is 30.3 Å². The van der Waals surface area contributed by atoms with E-state index in [1.807, 2.05) is 0 Å². The monoisotopic (exact) mass is 329 g/mol. The first-order valence-corrected chi connectivity index (χ1v) is 6.86. The van der Waals surface area contributed by atoms with Crippen molar-refractivity contribution < 1.29 is 13.9 Å². The molecule has 0 heterocycles. The van der Waals surface area contributed by atoms with Crippen LogP contribution in [0.4, 0.5) is 4.39 Å². The largest absolute Gasteiger partial charge is 0.493 e. The smallest absolute Gasteiger partial charge is 0.162 e. The molecule has 0 radical (unpaired) electrons. The molecule has 0 saturated carbocycles. The summed E-state index contributed by atoms with van der Waals surface area (Å²) in [6.45, 7) is 0. The van der Waals surface area contributed by atoms with Crippen LogP contribution in [0, 0.1) is 5.82 Å². The second-order valence-electron chi connectivity index (χ2n) is 4.34. The van der Waals surface area contributed by atoms with Crippen LogP contribution in [0.3, 0.4) is 0 Å². The van der Waals surface area contributed by atoms with Crippen LogP contribution < -0.4 is 15.2 Å². The maximum Gasteiger partial charge on any atom is 0.162 e. The second-order valence-corrected chi connectivity index (χ2v) is 5.16. The quantitative estimate of drug-likeness (QED) is 0.914. The average Bonchev–Trinajstić information content (AvgIpc) is 2.46. The summed E-state index contributed by atoms with van der Waals surface area (Å²) in [5, 5.41) is 0.591. The van der Waals surface area contributed by atoms with Gasteiger partial charge in [-0.1, -0.05) is 29.3 Å². The molecule has 0 bridgehead atoms. The molecule has 2 rings (SSSR count). The Bertz CT molecular complexity index is 644. The maximum absolute atomic E-state index is 14.0. The average molecular weight is 330 g/mol. The third kappa shape index (κ3) is 3.07. The SMILES string of the molecule is COc1cc(Cl)c(C(N)c2c(F)cccc2Cl)cc1OC. The Labute approximate surface area is 132 Å². The number of nitrogens with two attached hydrogens (primary N) is 1. The molecule has 0 aliphatic heterocycles. The highest BCUT2D eigenvalue weighted by atomic mass is 35.5. The molecule has 0 saturated heterocycles. The van der Waals surface area contributed by atoms with Gasteiger partial charge in [-0.2, -0.15) is 0 Å². The van der Waals surface area contributed by atoms with Crippen LogP contribution >= 0.6 is 23.2 Å². The van der Waals surface area contributed by atoms with Crippen LogP contribution in [0.5, 0.6) is 11.5 Å². The Kier molecular flexibility index (Phi) is 4.93. The van der Waals surface area contributed by atoms with Gasteiger partial charge in [-0.3, -0.25) is 0 Å². The van der Waals surface area contributed by atoms with E-state index in [0.717, 1.165) is 0 Å². The fourth-order valence-corrected chi connectivity index (χ4v) is 2.62. The lowest BCUT2D eigenvalue weighted by Gasteiger charge is -2.18. The lowest BCUT2D eigenvalue weighted by molar-refractivity contribution is 0.354. The van der Waals surface area contributed by atoms with Gasteiger partial charge in [-0.05, 0) is 23.8 Å². The van der Waals surface area contributed by atoms with Crippen LogP contribution in [0.25, 0.3) is 0 Å². The highest BCUT2D eigenvalue weighted by Gasteiger charge is 2.21. The van der Waals surface area contributed by atoms with Gasteiger partial charge in [0.15, 0.2) is 11.5 Å². The third-order valence-electron chi connectivity index (χ3n) is 3.15. The summed E-state index contributed by atoms with van der Waals surface area (Å²) in [4.78, 5) is 0. The summed E-state index contributed by atoms with van der Waals surface area (Å²) in [6.07, 6.45) is 0. The van der Waals surface area contributed by atoms with E-state index in [1.54, 1.807) is 18.2 Å². The Hall–Kier alpha value is -1.49. The molecule has 21 heavy (non-hydrogen) atoms. The lowest BCUT2D eigenvalue weighted by atomic mass is 9.98. The Morgan fingerprint density at radius 2 is 1.67 bits per heavy atom. The number of hydrogen-bond donors (Lipinski definition) is 1. The number of hydrogen-bond acceptors (Lipinski definition) is 3. The van der Waals surface area contributed by atoms with Crippen LogP contribution in [0.2, 0.25) is 10.0 Å². The molecule has 112 valence electrons. The maximum atomic E-state index is 14.0.